The summed E-state index contributed by atoms with van der Waals surface area (Å²) < 4.78 is 19.1. The maximum atomic E-state index is 6.91. The zero-order valence-electron chi connectivity index (χ0n) is 20.6. The Hall–Kier alpha value is -2.04. The summed E-state index contributed by atoms with van der Waals surface area (Å²) in [4.78, 5) is 2.64. The third-order valence-corrected chi connectivity index (χ3v) is 10.2. The summed E-state index contributed by atoms with van der Waals surface area (Å²) in [7, 11) is 4.12. The molecule has 0 radical (unpaired) electrons. The Labute approximate surface area is 203 Å². The predicted molar refractivity (Wildman–Crippen MR) is 133 cm³/mol. The van der Waals surface area contributed by atoms with Crippen LogP contribution in [0.4, 0.5) is 0 Å². The Bertz CT molecular complexity index is 1090. The van der Waals surface area contributed by atoms with Crippen LogP contribution in [0.25, 0.3) is 0 Å². The number of hydrogen-bond donors (Lipinski definition) is 0. The van der Waals surface area contributed by atoms with Crippen LogP contribution in [-0.4, -0.2) is 50.5 Å². The molecule has 3 heterocycles. The van der Waals surface area contributed by atoms with E-state index in [0.717, 1.165) is 31.1 Å². The van der Waals surface area contributed by atoms with E-state index in [1.165, 1.54) is 61.6 Å². The summed E-state index contributed by atoms with van der Waals surface area (Å²) in [6.07, 6.45) is 10.3. The second kappa shape index (κ2) is 7.73. The Morgan fingerprint density at radius 3 is 2.74 bits per heavy atom. The number of likely N-dealkylation sites (tertiary alicyclic amines) is 1. The van der Waals surface area contributed by atoms with Crippen molar-refractivity contribution in [3.8, 4) is 11.5 Å². The third-order valence-electron chi connectivity index (χ3n) is 10.2. The largest absolute Gasteiger partial charge is 0.493 e. The topological polar surface area (TPSA) is 30.9 Å². The van der Waals surface area contributed by atoms with E-state index in [-0.39, 0.29) is 23.0 Å². The molecule has 2 aliphatic carbocycles. The van der Waals surface area contributed by atoms with Crippen LogP contribution in [-0.2, 0) is 23.0 Å². The number of likely N-dealkylation sites (N-methyl/N-ethyl adjacent to an activating group) is 1. The maximum Gasteiger partial charge on any atom is 0.165 e. The zero-order chi connectivity index (χ0) is 22.9. The highest BCUT2D eigenvalue weighted by molar-refractivity contribution is 5.61. The summed E-state index contributed by atoms with van der Waals surface area (Å²) in [5, 5.41) is 0. The van der Waals surface area contributed by atoms with Crippen molar-refractivity contribution in [2.75, 3.05) is 27.3 Å². The molecule has 0 aromatic heterocycles. The zero-order valence-corrected chi connectivity index (χ0v) is 20.6. The number of ether oxygens (including phenoxy) is 3. The van der Waals surface area contributed by atoms with Crippen LogP contribution < -0.4 is 9.47 Å². The van der Waals surface area contributed by atoms with Gasteiger partial charge >= 0.3 is 0 Å². The number of methoxy groups -OCH3 is 1. The van der Waals surface area contributed by atoms with Crippen molar-refractivity contribution in [1.82, 2.24) is 4.90 Å². The molecule has 7 rings (SSSR count). The van der Waals surface area contributed by atoms with Crippen LogP contribution in [0.5, 0.6) is 11.5 Å². The fraction of sp³-hybridized carbons (Fsp3) is 0.600. The molecule has 2 aromatic rings. The van der Waals surface area contributed by atoms with E-state index in [4.69, 9.17) is 14.2 Å². The van der Waals surface area contributed by atoms with E-state index in [0.29, 0.717) is 12.0 Å². The fourth-order valence-electron chi connectivity index (χ4n) is 8.52. The molecule has 4 unspecified atom stereocenters. The minimum atomic E-state index is 0.108. The number of aryl methyl sites for hydroxylation is 1. The van der Waals surface area contributed by atoms with Gasteiger partial charge in [-0.25, -0.2) is 0 Å². The lowest BCUT2D eigenvalue weighted by Gasteiger charge is -2.66. The van der Waals surface area contributed by atoms with Crippen molar-refractivity contribution in [2.24, 2.45) is 11.3 Å². The van der Waals surface area contributed by atoms with Gasteiger partial charge in [0.2, 0.25) is 0 Å². The lowest BCUT2D eigenvalue weighted by atomic mass is 9.45. The smallest absolute Gasteiger partial charge is 0.165 e. The van der Waals surface area contributed by atoms with Gasteiger partial charge < -0.3 is 19.1 Å². The average molecular weight is 460 g/mol. The number of rotatable bonds is 7. The van der Waals surface area contributed by atoms with Crippen molar-refractivity contribution in [3.63, 3.8) is 0 Å². The van der Waals surface area contributed by atoms with Gasteiger partial charge in [-0.15, -0.1) is 0 Å². The molecule has 2 bridgehead atoms. The predicted octanol–water partition coefficient (Wildman–Crippen LogP) is 5.16. The van der Waals surface area contributed by atoms with E-state index in [1.807, 2.05) is 0 Å². The number of nitrogens with zero attached hydrogens (tertiary/aromatic N) is 1. The van der Waals surface area contributed by atoms with E-state index in [9.17, 15) is 0 Å². The molecule has 4 nitrogen and oxygen atoms in total. The van der Waals surface area contributed by atoms with Crippen LogP contribution in [0.3, 0.4) is 0 Å². The van der Waals surface area contributed by atoms with Crippen molar-refractivity contribution in [3.05, 3.63) is 59.2 Å². The Kier molecular flexibility index (Phi) is 4.83. The summed E-state index contributed by atoms with van der Waals surface area (Å²) in [5.74, 6) is 2.60. The van der Waals surface area contributed by atoms with Gasteiger partial charge in [0.25, 0.3) is 0 Å². The monoisotopic (exact) mass is 459 g/mol. The van der Waals surface area contributed by atoms with Crippen LogP contribution >= 0.6 is 0 Å². The van der Waals surface area contributed by atoms with Crippen molar-refractivity contribution in [1.29, 1.82) is 0 Å². The fourth-order valence-corrected chi connectivity index (χ4v) is 8.52. The van der Waals surface area contributed by atoms with Gasteiger partial charge in [-0.05, 0) is 75.2 Å². The van der Waals surface area contributed by atoms with Crippen LogP contribution in [0.1, 0.15) is 55.2 Å². The number of benzene rings is 2. The van der Waals surface area contributed by atoms with Gasteiger partial charge in [0, 0.05) is 22.4 Å². The first-order chi connectivity index (χ1) is 16.7. The highest BCUT2D eigenvalue weighted by Gasteiger charge is 2.73. The molecule has 3 aliphatic heterocycles. The van der Waals surface area contributed by atoms with Gasteiger partial charge in [-0.1, -0.05) is 49.2 Å². The average Bonchev–Trinajstić information content (AvgIpc) is 3.17. The lowest BCUT2D eigenvalue weighted by Crippen LogP contribution is -2.74. The molecule has 6 atom stereocenters. The first-order valence-electron chi connectivity index (χ1n) is 13.4. The number of piperidine rings is 1. The van der Waals surface area contributed by atoms with Gasteiger partial charge in [-0.3, -0.25) is 0 Å². The highest BCUT2D eigenvalue weighted by Crippen LogP contribution is 2.69. The molecule has 3 fully saturated rings. The standard InChI is InChI=1S/C30H37NO3/c1-31-16-15-30-22-18-29(14-8-4-7-11-20-9-5-3-6-10-20)19-33-27(29)28(30)34-26-24(32-2)13-12-21(25(26)30)17-23(22)31/h3,5-6,9-10,12-13,22-23,27-28H,4,7-8,11,14-19H2,1-2H3/t22?,23?,27-,28?,29-,30?/m1/s1. The number of hydrogen-bond acceptors (Lipinski definition) is 4. The summed E-state index contributed by atoms with van der Waals surface area (Å²) in [5.41, 5.74) is 4.83. The minimum Gasteiger partial charge on any atom is -0.493 e. The molecule has 2 aromatic carbocycles. The molecular formula is C30H37NO3. The highest BCUT2D eigenvalue weighted by atomic mass is 16.6. The molecule has 0 amide bonds. The van der Waals surface area contributed by atoms with Gasteiger partial charge in [0.1, 0.15) is 12.2 Å². The van der Waals surface area contributed by atoms with Gasteiger partial charge in [-0.2, -0.15) is 0 Å². The molecule has 4 heteroatoms. The number of fused-ring (bicyclic) bond motifs is 2. The summed E-state index contributed by atoms with van der Waals surface area (Å²) in [6, 6.07) is 16.0. The van der Waals surface area contributed by atoms with Gasteiger partial charge in [0.05, 0.1) is 13.7 Å². The van der Waals surface area contributed by atoms with E-state index in [2.05, 4.69) is 54.4 Å². The first-order valence-corrected chi connectivity index (χ1v) is 13.4. The SMILES string of the molecule is COc1ccc2c3c1OC1[C@H]4OC[C@@]4(CCCCCc4ccccc4)CC4C(C2)N(C)CCC341. The van der Waals surface area contributed by atoms with Gasteiger partial charge in [0.15, 0.2) is 11.5 Å². The van der Waals surface area contributed by atoms with Crippen molar-refractivity contribution < 1.29 is 14.2 Å². The molecule has 5 aliphatic rings. The third kappa shape index (κ3) is 2.79. The van der Waals surface area contributed by atoms with Crippen molar-refractivity contribution >= 4 is 0 Å². The molecule has 2 saturated heterocycles. The molecule has 1 saturated carbocycles. The summed E-state index contributed by atoms with van der Waals surface area (Å²) >= 11 is 0. The Morgan fingerprint density at radius 1 is 1.06 bits per heavy atom. The molecular weight excluding hydrogens is 422 g/mol. The van der Waals surface area contributed by atoms with E-state index < -0.39 is 0 Å². The number of unbranched alkanes of at least 4 members (excludes halogenated alkanes) is 2. The normalized spacial score (nSPS) is 36.8. The lowest BCUT2D eigenvalue weighted by molar-refractivity contribution is -0.279. The quantitative estimate of drug-likeness (QED) is 0.535. The molecule has 0 N–H and O–H groups in total. The first kappa shape index (κ1) is 21.3. The Morgan fingerprint density at radius 2 is 1.94 bits per heavy atom. The van der Waals surface area contributed by atoms with E-state index in [1.54, 1.807) is 7.11 Å². The maximum absolute atomic E-state index is 6.91. The van der Waals surface area contributed by atoms with Crippen LogP contribution in [0.15, 0.2) is 42.5 Å². The van der Waals surface area contributed by atoms with E-state index >= 15 is 0 Å². The molecule has 180 valence electrons. The Balaban J connectivity index is 1.15. The molecule has 1 spiro atoms. The van der Waals surface area contributed by atoms with Crippen LogP contribution in [0, 0.1) is 11.3 Å². The second-order valence-corrected chi connectivity index (χ2v) is 11.7. The minimum absolute atomic E-state index is 0.108. The summed E-state index contributed by atoms with van der Waals surface area (Å²) in [6.45, 7) is 2.07. The van der Waals surface area contributed by atoms with Crippen molar-refractivity contribution in [2.45, 2.75) is 75.0 Å². The molecule has 34 heavy (non-hydrogen) atoms. The van der Waals surface area contributed by atoms with Crippen LogP contribution in [0.2, 0.25) is 0 Å². The second-order valence-electron chi connectivity index (χ2n) is 11.7.